The lowest BCUT2D eigenvalue weighted by Gasteiger charge is -2.10. The van der Waals surface area contributed by atoms with E-state index < -0.39 is 11.9 Å². The number of carboxylic acids is 1. The minimum absolute atomic E-state index is 0.286. The third-order valence-electron chi connectivity index (χ3n) is 2.42. The van der Waals surface area contributed by atoms with E-state index in [0.29, 0.717) is 5.69 Å². The molecule has 2 rings (SSSR count). The summed E-state index contributed by atoms with van der Waals surface area (Å²) in [4.78, 5) is 15.1. The number of hydrogen-bond acceptors (Lipinski definition) is 2. The van der Waals surface area contributed by atoms with Crippen LogP contribution < -0.4 is 0 Å². The van der Waals surface area contributed by atoms with E-state index in [4.69, 9.17) is 5.11 Å². The predicted molar refractivity (Wildman–Crippen MR) is 55.0 cm³/mol. The van der Waals surface area contributed by atoms with E-state index in [9.17, 15) is 4.79 Å². The summed E-state index contributed by atoms with van der Waals surface area (Å²) in [6.07, 6.45) is 3.65. The van der Waals surface area contributed by atoms with Crippen LogP contribution in [-0.2, 0) is 4.79 Å². The molecule has 3 nitrogen and oxygen atoms in total. The van der Waals surface area contributed by atoms with Gasteiger partial charge in [0, 0.05) is 10.7 Å². The molecule has 0 bridgehead atoms. The largest absolute Gasteiger partial charge is 0.481 e. The lowest BCUT2D eigenvalue weighted by molar-refractivity contribution is -0.139. The molecule has 1 aliphatic carbocycles. The zero-order valence-electron chi connectivity index (χ0n) is 7.48. The number of nitrogens with zero attached hydrogens (tertiary/aromatic N) is 1. The molecule has 1 unspecified atom stereocenters. The van der Waals surface area contributed by atoms with Gasteiger partial charge in [0.2, 0.25) is 0 Å². The number of carboxylic acid groups (broad SMARTS) is 1. The highest BCUT2D eigenvalue weighted by molar-refractivity contribution is 9.10. The molecule has 74 valence electrons. The minimum atomic E-state index is -0.766. The van der Waals surface area contributed by atoms with Gasteiger partial charge < -0.3 is 5.11 Å². The molecule has 1 aromatic heterocycles. The third-order valence-corrected chi connectivity index (χ3v) is 2.91. The third kappa shape index (κ3) is 1.95. The van der Waals surface area contributed by atoms with Crippen molar-refractivity contribution < 1.29 is 9.90 Å². The second kappa shape index (κ2) is 3.69. The molecule has 1 fully saturated rings. The number of carbonyl (C=O) groups is 1. The maximum absolute atomic E-state index is 11.0. The maximum atomic E-state index is 11.0. The van der Waals surface area contributed by atoms with Crippen LogP contribution in [0.5, 0.6) is 0 Å². The monoisotopic (exact) mass is 255 g/mol. The van der Waals surface area contributed by atoms with E-state index in [1.807, 2.05) is 0 Å². The Labute approximate surface area is 90.3 Å². The van der Waals surface area contributed by atoms with E-state index in [2.05, 4.69) is 20.9 Å². The van der Waals surface area contributed by atoms with Crippen molar-refractivity contribution in [2.45, 2.75) is 18.8 Å². The van der Waals surface area contributed by atoms with Crippen LogP contribution in [-0.4, -0.2) is 16.1 Å². The van der Waals surface area contributed by atoms with Crippen LogP contribution in [0.15, 0.2) is 22.8 Å². The van der Waals surface area contributed by atoms with E-state index in [1.54, 1.807) is 18.3 Å². The number of hydrogen-bond donors (Lipinski definition) is 1. The van der Waals surface area contributed by atoms with Crippen molar-refractivity contribution in [1.82, 2.24) is 4.98 Å². The normalized spacial score (nSPS) is 17.8. The van der Waals surface area contributed by atoms with Gasteiger partial charge in [-0.05, 0) is 30.9 Å². The first-order chi connectivity index (χ1) is 6.68. The quantitative estimate of drug-likeness (QED) is 0.903. The highest BCUT2D eigenvalue weighted by atomic mass is 79.9. The van der Waals surface area contributed by atoms with Gasteiger partial charge in [-0.1, -0.05) is 15.9 Å². The number of rotatable bonds is 3. The molecule has 0 spiro atoms. The Hall–Kier alpha value is -0.900. The molecule has 4 heteroatoms. The van der Waals surface area contributed by atoms with Crippen LogP contribution in [0, 0.1) is 5.92 Å². The number of aromatic nitrogens is 1. The summed E-state index contributed by atoms with van der Waals surface area (Å²) in [7, 11) is 0. The van der Waals surface area contributed by atoms with Crippen molar-refractivity contribution in [2.75, 3.05) is 0 Å². The van der Waals surface area contributed by atoms with Crippen LogP contribution in [0.1, 0.15) is 24.5 Å². The predicted octanol–water partition coefficient (Wildman–Crippen LogP) is 2.42. The SMILES string of the molecule is O=C(O)C(c1cc(Br)ccn1)C1CC1. The van der Waals surface area contributed by atoms with Crippen molar-refractivity contribution in [1.29, 1.82) is 0 Å². The fourth-order valence-corrected chi connectivity index (χ4v) is 1.94. The first-order valence-electron chi connectivity index (χ1n) is 4.53. The highest BCUT2D eigenvalue weighted by Gasteiger charge is 2.38. The lowest BCUT2D eigenvalue weighted by atomic mass is 9.99. The van der Waals surface area contributed by atoms with Gasteiger partial charge in [0.1, 0.15) is 5.92 Å². The van der Waals surface area contributed by atoms with Gasteiger partial charge >= 0.3 is 5.97 Å². The van der Waals surface area contributed by atoms with Crippen LogP contribution in [0.3, 0.4) is 0 Å². The fourth-order valence-electron chi connectivity index (χ4n) is 1.59. The second-order valence-corrected chi connectivity index (χ2v) is 4.47. The van der Waals surface area contributed by atoms with E-state index in [1.165, 1.54) is 0 Å². The van der Waals surface area contributed by atoms with Gasteiger partial charge in [0.05, 0.1) is 5.69 Å². The van der Waals surface area contributed by atoms with Crippen molar-refractivity contribution in [3.05, 3.63) is 28.5 Å². The zero-order valence-corrected chi connectivity index (χ0v) is 9.07. The van der Waals surface area contributed by atoms with Crippen LogP contribution in [0.2, 0.25) is 0 Å². The zero-order chi connectivity index (χ0) is 10.1. The summed E-state index contributed by atoms with van der Waals surface area (Å²) in [5.74, 6) is -0.903. The van der Waals surface area contributed by atoms with Crippen molar-refractivity contribution in [3.8, 4) is 0 Å². The lowest BCUT2D eigenvalue weighted by Crippen LogP contribution is -2.14. The van der Waals surface area contributed by atoms with Crippen molar-refractivity contribution >= 4 is 21.9 Å². The molecule has 1 N–H and O–H groups in total. The highest BCUT2D eigenvalue weighted by Crippen LogP contribution is 2.42. The molecule has 1 saturated carbocycles. The molecule has 1 aliphatic rings. The van der Waals surface area contributed by atoms with Crippen LogP contribution in [0.4, 0.5) is 0 Å². The minimum Gasteiger partial charge on any atom is -0.481 e. The summed E-state index contributed by atoms with van der Waals surface area (Å²) in [5, 5.41) is 9.07. The molecule has 1 heterocycles. The van der Waals surface area contributed by atoms with E-state index in [-0.39, 0.29) is 5.92 Å². The van der Waals surface area contributed by atoms with Gasteiger partial charge in [0.15, 0.2) is 0 Å². The average molecular weight is 256 g/mol. The molecular weight excluding hydrogens is 246 g/mol. The topological polar surface area (TPSA) is 50.2 Å². The Morgan fingerprint density at radius 1 is 1.64 bits per heavy atom. The molecule has 1 aromatic rings. The van der Waals surface area contributed by atoms with Crippen LogP contribution in [0.25, 0.3) is 0 Å². The summed E-state index contributed by atoms with van der Waals surface area (Å²) in [5.41, 5.74) is 0.661. The van der Waals surface area contributed by atoms with E-state index >= 15 is 0 Å². The average Bonchev–Trinajstić information content (AvgIpc) is 2.88. The number of halogens is 1. The first-order valence-corrected chi connectivity index (χ1v) is 5.32. The van der Waals surface area contributed by atoms with Crippen LogP contribution >= 0.6 is 15.9 Å². The Kier molecular flexibility index (Phi) is 2.54. The summed E-state index contributed by atoms with van der Waals surface area (Å²) in [6.45, 7) is 0. The first kappa shape index (κ1) is 9.65. The second-order valence-electron chi connectivity index (χ2n) is 3.55. The van der Waals surface area contributed by atoms with Gasteiger partial charge in [0.25, 0.3) is 0 Å². The van der Waals surface area contributed by atoms with E-state index in [0.717, 1.165) is 17.3 Å². The van der Waals surface area contributed by atoms with Gasteiger partial charge in [-0.3, -0.25) is 9.78 Å². The molecule has 0 aliphatic heterocycles. The Morgan fingerprint density at radius 3 is 2.86 bits per heavy atom. The summed E-state index contributed by atoms with van der Waals surface area (Å²) < 4.78 is 0.884. The maximum Gasteiger partial charge on any atom is 0.312 e. The molecular formula is C10H10BrNO2. The molecule has 0 amide bonds. The van der Waals surface area contributed by atoms with Gasteiger partial charge in [-0.2, -0.15) is 0 Å². The molecule has 0 saturated heterocycles. The van der Waals surface area contributed by atoms with Gasteiger partial charge in [-0.25, -0.2) is 0 Å². The Balaban J connectivity index is 2.30. The fraction of sp³-hybridized carbons (Fsp3) is 0.400. The summed E-state index contributed by atoms with van der Waals surface area (Å²) >= 11 is 3.32. The molecule has 14 heavy (non-hydrogen) atoms. The van der Waals surface area contributed by atoms with Crippen molar-refractivity contribution in [2.24, 2.45) is 5.92 Å². The molecule has 1 atom stereocenters. The standard InChI is InChI=1S/C10H10BrNO2/c11-7-3-4-12-8(5-7)9(10(13)14)6-1-2-6/h3-6,9H,1-2H2,(H,13,14). The number of pyridine rings is 1. The van der Waals surface area contributed by atoms with Crippen molar-refractivity contribution in [3.63, 3.8) is 0 Å². The van der Waals surface area contributed by atoms with Gasteiger partial charge in [-0.15, -0.1) is 0 Å². The number of aliphatic carboxylic acids is 1. The molecule has 0 aromatic carbocycles. The Bertz CT molecular complexity index is 363. The Morgan fingerprint density at radius 2 is 2.36 bits per heavy atom. The summed E-state index contributed by atoms with van der Waals surface area (Å²) in [6, 6.07) is 3.59. The smallest absolute Gasteiger partial charge is 0.312 e. The molecule has 0 radical (unpaired) electrons.